The van der Waals surface area contributed by atoms with Crippen molar-refractivity contribution in [2.75, 3.05) is 13.2 Å². The first-order valence-electron chi connectivity index (χ1n) is 5.35. The van der Waals surface area contributed by atoms with Crippen molar-refractivity contribution in [1.82, 2.24) is 5.32 Å². The van der Waals surface area contributed by atoms with Gasteiger partial charge in [-0.1, -0.05) is 13.8 Å². The normalized spacial score (nSPS) is 14.1. The molecule has 0 aliphatic rings. The molecule has 4 nitrogen and oxygen atoms in total. The number of nitrogens with zero attached hydrogens (tertiary/aromatic N) is 1. The summed E-state index contributed by atoms with van der Waals surface area (Å²) in [6.07, 6.45) is 0.735. The van der Waals surface area contributed by atoms with E-state index in [2.05, 4.69) is 24.2 Å². The first-order chi connectivity index (χ1) is 6.66. The van der Waals surface area contributed by atoms with Crippen molar-refractivity contribution < 1.29 is 5.11 Å². The summed E-state index contributed by atoms with van der Waals surface area (Å²) in [4.78, 5) is 4.27. The lowest BCUT2D eigenvalue weighted by molar-refractivity contribution is 0.217. The Morgan fingerprint density at radius 2 is 1.80 bits per heavy atom. The molecule has 0 aromatic rings. The third-order valence-electron chi connectivity index (χ3n) is 1.97. The van der Waals surface area contributed by atoms with Crippen molar-refractivity contribution in [3.63, 3.8) is 0 Å². The van der Waals surface area contributed by atoms with Crippen LogP contribution in [0.25, 0.3) is 0 Å². The van der Waals surface area contributed by atoms with E-state index >= 15 is 0 Å². The van der Waals surface area contributed by atoms with Gasteiger partial charge in [0.1, 0.15) is 0 Å². The van der Waals surface area contributed by atoms with Crippen LogP contribution < -0.4 is 11.1 Å². The summed E-state index contributed by atoms with van der Waals surface area (Å²) in [5.41, 5.74) is 5.68. The third kappa shape index (κ3) is 8.24. The van der Waals surface area contributed by atoms with Crippen LogP contribution in [0.15, 0.2) is 4.99 Å². The molecule has 0 saturated heterocycles. The quantitative estimate of drug-likeness (QED) is 0.486. The lowest BCUT2D eigenvalue weighted by Crippen LogP contribution is -2.45. The average molecular weight is 215 g/mol. The highest BCUT2D eigenvalue weighted by Gasteiger charge is 2.17. The van der Waals surface area contributed by atoms with Crippen LogP contribution >= 0.6 is 0 Å². The van der Waals surface area contributed by atoms with Crippen LogP contribution in [0.2, 0.25) is 0 Å². The topological polar surface area (TPSA) is 70.6 Å². The number of hydrogen-bond donors (Lipinski definition) is 3. The number of hydrogen-bond acceptors (Lipinski definition) is 2. The van der Waals surface area contributed by atoms with Gasteiger partial charge in [-0.15, -0.1) is 0 Å². The number of nitrogens with one attached hydrogen (secondary N) is 1. The fourth-order valence-electron chi connectivity index (χ4n) is 1.10. The molecule has 0 aromatic carbocycles. The summed E-state index contributed by atoms with van der Waals surface area (Å²) in [7, 11) is 0. The van der Waals surface area contributed by atoms with E-state index in [1.165, 1.54) is 0 Å². The fourth-order valence-corrected chi connectivity index (χ4v) is 1.10. The predicted molar refractivity (Wildman–Crippen MR) is 64.9 cm³/mol. The van der Waals surface area contributed by atoms with Crippen LogP contribution in [-0.4, -0.2) is 29.8 Å². The van der Waals surface area contributed by atoms with Gasteiger partial charge >= 0.3 is 0 Å². The number of rotatable bonds is 4. The summed E-state index contributed by atoms with van der Waals surface area (Å²) in [6, 6.07) is 0. The minimum absolute atomic E-state index is 0.00106. The highest BCUT2D eigenvalue weighted by Crippen LogP contribution is 2.19. The lowest BCUT2D eigenvalue weighted by Gasteiger charge is -2.24. The molecular formula is C11H25N3O. The predicted octanol–water partition coefficient (Wildman–Crippen LogP) is 1.10. The smallest absolute Gasteiger partial charge is 0.189 e. The highest BCUT2D eigenvalue weighted by atomic mass is 16.3. The molecule has 0 unspecified atom stereocenters. The molecule has 15 heavy (non-hydrogen) atoms. The third-order valence-corrected chi connectivity index (χ3v) is 1.97. The Morgan fingerprint density at radius 3 is 2.20 bits per heavy atom. The van der Waals surface area contributed by atoms with Gasteiger partial charge in [-0.3, -0.25) is 4.99 Å². The Kier molecular flexibility index (Phi) is 5.08. The van der Waals surface area contributed by atoms with E-state index < -0.39 is 0 Å². The van der Waals surface area contributed by atoms with Crippen molar-refractivity contribution in [3.05, 3.63) is 0 Å². The largest absolute Gasteiger partial charge is 0.396 e. The first kappa shape index (κ1) is 14.2. The van der Waals surface area contributed by atoms with Crippen LogP contribution in [0.3, 0.4) is 0 Å². The van der Waals surface area contributed by atoms with Crippen LogP contribution in [-0.2, 0) is 0 Å². The Balaban J connectivity index is 4.16. The van der Waals surface area contributed by atoms with Crippen LogP contribution in [0.5, 0.6) is 0 Å². The molecule has 0 rings (SSSR count). The molecule has 0 bridgehead atoms. The van der Waals surface area contributed by atoms with Crippen molar-refractivity contribution in [2.24, 2.45) is 16.1 Å². The van der Waals surface area contributed by atoms with E-state index in [0.29, 0.717) is 12.5 Å². The van der Waals surface area contributed by atoms with Crippen LogP contribution in [0, 0.1) is 5.41 Å². The van der Waals surface area contributed by atoms with Crippen LogP contribution in [0.4, 0.5) is 0 Å². The zero-order valence-electron chi connectivity index (χ0n) is 10.6. The molecule has 0 aliphatic carbocycles. The second-order valence-corrected chi connectivity index (χ2v) is 5.71. The van der Waals surface area contributed by atoms with Crippen LogP contribution in [0.1, 0.15) is 41.0 Å². The van der Waals surface area contributed by atoms with E-state index in [4.69, 9.17) is 10.8 Å². The molecule has 0 radical (unpaired) electrons. The standard InChI is InChI=1S/C11H25N3O/c1-10(2,3)14-9(12)13-8-11(4,5)6-7-15/h15H,6-8H2,1-5H3,(H3,12,13,14). The van der Waals surface area contributed by atoms with E-state index in [9.17, 15) is 0 Å². The van der Waals surface area contributed by atoms with Crippen molar-refractivity contribution in [3.8, 4) is 0 Å². The summed E-state index contributed by atoms with van der Waals surface area (Å²) in [6.45, 7) is 11.1. The Bertz CT molecular complexity index is 216. The summed E-state index contributed by atoms with van der Waals surface area (Å²) >= 11 is 0. The molecule has 90 valence electrons. The van der Waals surface area contributed by atoms with E-state index in [1.807, 2.05) is 20.8 Å². The molecule has 0 atom stereocenters. The second kappa shape index (κ2) is 5.35. The molecular weight excluding hydrogens is 190 g/mol. The van der Waals surface area contributed by atoms with Gasteiger partial charge in [0.25, 0.3) is 0 Å². The van der Waals surface area contributed by atoms with E-state index in [-0.39, 0.29) is 17.6 Å². The van der Waals surface area contributed by atoms with Gasteiger partial charge in [0.05, 0.1) is 0 Å². The average Bonchev–Trinajstić information content (AvgIpc) is 1.98. The number of aliphatic imine (C=N–C) groups is 1. The highest BCUT2D eigenvalue weighted by molar-refractivity contribution is 5.78. The molecule has 4 heteroatoms. The monoisotopic (exact) mass is 215 g/mol. The Morgan fingerprint density at radius 1 is 1.27 bits per heavy atom. The fraction of sp³-hybridized carbons (Fsp3) is 0.909. The molecule has 0 spiro atoms. The van der Waals surface area contributed by atoms with Gasteiger partial charge in [-0.2, -0.15) is 0 Å². The molecule has 0 fully saturated rings. The molecule has 4 N–H and O–H groups in total. The summed E-state index contributed by atoms with van der Waals surface area (Å²) in [5, 5.41) is 12.0. The number of aliphatic hydroxyl groups excluding tert-OH is 1. The van der Waals surface area contributed by atoms with E-state index in [1.54, 1.807) is 0 Å². The van der Waals surface area contributed by atoms with Gasteiger partial charge < -0.3 is 16.2 Å². The van der Waals surface area contributed by atoms with Gasteiger partial charge in [-0.25, -0.2) is 0 Å². The maximum absolute atomic E-state index is 8.86. The van der Waals surface area contributed by atoms with E-state index in [0.717, 1.165) is 6.42 Å². The number of guanidine groups is 1. The molecule has 0 aromatic heterocycles. The van der Waals surface area contributed by atoms with Gasteiger partial charge in [0.15, 0.2) is 5.96 Å². The zero-order valence-corrected chi connectivity index (χ0v) is 10.6. The van der Waals surface area contributed by atoms with Crippen molar-refractivity contribution in [2.45, 2.75) is 46.6 Å². The SMILES string of the molecule is CC(C)(CCO)CN=C(N)NC(C)(C)C. The second-order valence-electron chi connectivity index (χ2n) is 5.71. The lowest BCUT2D eigenvalue weighted by atomic mass is 9.90. The van der Waals surface area contributed by atoms with Crippen molar-refractivity contribution in [1.29, 1.82) is 0 Å². The molecule has 0 aliphatic heterocycles. The molecule has 0 heterocycles. The number of nitrogens with two attached hydrogens (primary N) is 1. The van der Waals surface area contributed by atoms with Gasteiger partial charge in [0, 0.05) is 18.7 Å². The number of aliphatic hydroxyl groups is 1. The first-order valence-corrected chi connectivity index (χ1v) is 5.35. The maximum atomic E-state index is 8.86. The maximum Gasteiger partial charge on any atom is 0.189 e. The Labute approximate surface area is 93.0 Å². The molecule has 0 amide bonds. The van der Waals surface area contributed by atoms with Gasteiger partial charge in [0.2, 0.25) is 0 Å². The van der Waals surface area contributed by atoms with Gasteiger partial charge in [-0.05, 0) is 32.6 Å². The van der Waals surface area contributed by atoms with Crippen molar-refractivity contribution >= 4 is 5.96 Å². The summed E-state index contributed by atoms with van der Waals surface area (Å²) in [5.74, 6) is 0.466. The Hall–Kier alpha value is -0.770. The minimum atomic E-state index is -0.0608. The zero-order chi connectivity index (χ0) is 12.1. The molecule has 0 saturated carbocycles. The summed E-state index contributed by atoms with van der Waals surface area (Å²) < 4.78 is 0. The minimum Gasteiger partial charge on any atom is -0.396 e.